The van der Waals surface area contributed by atoms with E-state index in [0.717, 1.165) is 55.1 Å². The van der Waals surface area contributed by atoms with Crippen LogP contribution in [0.2, 0.25) is 0 Å². The van der Waals surface area contributed by atoms with Gasteiger partial charge in [-0.1, -0.05) is 44.9 Å². The number of hydrogen-bond donors (Lipinski definition) is 1. The number of carbonyl (C=O) groups is 2. The van der Waals surface area contributed by atoms with E-state index in [0.29, 0.717) is 35.9 Å². The molecule has 0 saturated heterocycles. The largest absolute Gasteiger partial charge is 0.481 e. The fourth-order valence-corrected chi connectivity index (χ4v) is 6.53. The number of thioether (sulfide) groups is 1. The minimum atomic E-state index is -1.57. The molecule has 0 bridgehead atoms. The Labute approximate surface area is 254 Å². The fourth-order valence-electron chi connectivity index (χ4n) is 5.80. The van der Waals surface area contributed by atoms with E-state index in [1.165, 1.54) is 11.8 Å². The molecular formula is C31H43F4N3O4S. The third-order valence-electron chi connectivity index (χ3n) is 8.69. The number of alkyl halides is 4. The van der Waals surface area contributed by atoms with E-state index in [-0.39, 0.29) is 37.6 Å². The standard InChI is InChI=1S/C25H35F2N3O2S.C6H8F2O2/c1-3-5-6-16(4-2)15-32-23(31)9-10-33-25-28-13-22-24(29-25)19(14-30(22)18-7-8-18)17-11-20(26)21(27)12-17;7-4-1-3(6(9)10)2-5(4)8/h13-14,16-18,20-21H,3-12,15H2,1-2H3;3-5H,1-2H2,(H,9,10)/t16?,20-,21-;4-,5-/m11/s1. The van der Waals surface area contributed by atoms with Gasteiger partial charge in [-0.3, -0.25) is 9.59 Å². The third-order valence-corrected chi connectivity index (χ3v) is 9.55. The van der Waals surface area contributed by atoms with Crippen LogP contribution >= 0.6 is 11.8 Å². The minimum absolute atomic E-state index is 0.153. The lowest BCUT2D eigenvalue weighted by Gasteiger charge is -2.14. The van der Waals surface area contributed by atoms with E-state index in [2.05, 4.69) is 23.4 Å². The van der Waals surface area contributed by atoms with Crippen LogP contribution in [0.15, 0.2) is 17.6 Å². The number of hydrogen-bond acceptors (Lipinski definition) is 6. The maximum Gasteiger partial charge on any atom is 0.306 e. The molecule has 0 spiro atoms. The summed E-state index contributed by atoms with van der Waals surface area (Å²) < 4.78 is 60.0. The summed E-state index contributed by atoms with van der Waals surface area (Å²) in [6, 6.07) is 0.436. The predicted molar refractivity (Wildman–Crippen MR) is 157 cm³/mol. The molecule has 12 heteroatoms. The SMILES string of the molecule is CCCCC(CC)COC(=O)CCSc1ncc2c(n1)c(C1C[C@@H](F)[C@H](F)C1)cn2C1CC1.O=C(O)C1C[C@@H](F)[C@H](F)C1. The number of fused-ring (bicyclic) bond motifs is 1. The van der Waals surface area contributed by atoms with Gasteiger partial charge in [0.2, 0.25) is 0 Å². The topological polar surface area (TPSA) is 94.3 Å². The summed E-state index contributed by atoms with van der Waals surface area (Å²) in [5.74, 6) is -1.28. The molecule has 1 N–H and O–H groups in total. The lowest BCUT2D eigenvalue weighted by Crippen LogP contribution is -2.14. The van der Waals surface area contributed by atoms with E-state index >= 15 is 0 Å². The summed E-state index contributed by atoms with van der Waals surface area (Å²) in [6.45, 7) is 4.80. The van der Waals surface area contributed by atoms with E-state index < -0.39 is 36.6 Å². The van der Waals surface area contributed by atoms with Gasteiger partial charge < -0.3 is 14.4 Å². The van der Waals surface area contributed by atoms with Gasteiger partial charge in [0.05, 0.1) is 36.2 Å². The summed E-state index contributed by atoms with van der Waals surface area (Å²) in [5.41, 5.74) is 2.67. The van der Waals surface area contributed by atoms with Crippen LogP contribution in [0.5, 0.6) is 0 Å². The number of aromatic nitrogens is 3. The zero-order valence-electron chi connectivity index (χ0n) is 24.9. The number of unbranched alkanes of at least 4 members (excludes halogenated alkanes) is 1. The molecule has 3 aliphatic carbocycles. The molecule has 2 heterocycles. The molecule has 5 rings (SSSR count). The fraction of sp³-hybridized carbons (Fsp3) is 0.742. The van der Waals surface area contributed by atoms with Crippen molar-refractivity contribution < 1.29 is 37.0 Å². The van der Waals surface area contributed by atoms with E-state index in [1.54, 1.807) is 0 Å². The van der Waals surface area contributed by atoms with Crippen LogP contribution in [-0.4, -0.2) is 68.6 Å². The number of rotatable bonds is 13. The molecule has 0 radical (unpaired) electrons. The second-order valence-electron chi connectivity index (χ2n) is 12.0. The predicted octanol–water partition coefficient (Wildman–Crippen LogP) is 7.72. The van der Waals surface area contributed by atoms with Crippen molar-refractivity contribution in [1.29, 1.82) is 0 Å². The van der Waals surface area contributed by atoms with Crippen LogP contribution < -0.4 is 0 Å². The van der Waals surface area contributed by atoms with Crippen LogP contribution in [0.3, 0.4) is 0 Å². The van der Waals surface area contributed by atoms with Gasteiger partial charge in [-0.25, -0.2) is 27.5 Å². The molecule has 240 valence electrons. The van der Waals surface area contributed by atoms with E-state index in [4.69, 9.17) is 14.8 Å². The highest BCUT2D eigenvalue weighted by atomic mass is 32.2. The second-order valence-corrected chi connectivity index (χ2v) is 13.1. The molecule has 3 fully saturated rings. The highest BCUT2D eigenvalue weighted by Gasteiger charge is 2.39. The van der Waals surface area contributed by atoms with Gasteiger partial charge in [-0.05, 0) is 62.3 Å². The summed E-state index contributed by atoms with van der Waals surface area (Å²) in [6.07, 6.45) is 4.97. The van der Waals surface area contributed by atoms with Crippen LogP contribution in [-0.2, 0) is 14.3 Å². The summed E-state index contributed by atoms with van der Waals surface area (Å²) >= 11 is 1.42. The number of nitrogens with zero attached hydrogens (tertiary/aromatic N) is 3. The van der Waals surface area contributed by atoms with Crippen molar-refractivity contribution in [2.24, 2.45) is 11.8 Å². The van der Waals surface area contributed by atoms with Gasteiger partial charge in [-0.15, -0.1) is 0 Å². The van der Waals surface area contributed by atoms with Crippen LogP contribution in [0, 0.1) is 11.8 Å². The lowest BCUT2D eigenvalue weighted by atomic mass is 9.99. The van der Waals surface area contributed by atoms with Crippen molar-refractivity contribution in [2.75, 3.05) is 12.4 Å². The maximum atomic E-state index is 13.9. The molecule has 5 atom stereocenters. The van der Waals surface area contributed by atoms with Gasteiger partial charge >= 0.3 is 11.9 Å². The van der Waals surface area contributed by atoms with Crippen LogP contribution in [0.25, 0.3) is 11.0 Å². The molecule has 43 heavy (non-hydrogen) atoms. The number of esters is 1. The Balaban J connectivity index is 0.000000359. The first kappa shape index (κ1) is 33.5. The molecule has 7 nitrogen and oxygen atoms in total. The Bertz CT molecular complexity index is 1210. The first-order valence-electron chi connectivity index (χ1n) is 15.6. The summed E-state index contributed by atoms with van der Waals surface area (Å²) in [4.78, 5) is 31.6. The van der Waals surface area contributed by atoms with Gasteiger partial charge in [0.1, 0.15) is 24.7 Å². The molecule has 3 saturated carbocycles. The zero-order valence-corrected chi connectivity index (χ0v) is 25.7. The first-order chi connectivity index (χ1) is 20.6. The van der Waals surface area contributed by atoms with Gasteiger partial charge in [0, 0.05) is 18.0 Å². The molecule has 2 aromatic heterocycles. The van der Waals surface area contributed by atoms with Crippen molar-refractivity contribution in [3.8, 4) is 0 Å². The molecule has 0 aromatic carbocycles. The molecule has 0 amide bonds. The quantitative estimate of drug-likeness (QED) is 0.105. The third kappa shape index (κ3) is 9.08. The Morgan fingerprint density at radius 3 is 2.28 bits per heavy atom. The lowest BCUT2D eigenvalue weighted by molar-refractivity contribution is -0.144. The molecule has 0 aliphatic heterocycles. The van der Waals surface area contributed by atoms with Crippen molar-refractivity contribution in [2.45, 2.75) is 126 Å². The monoisotopic (exact) mass is 629 g/mol. The number of carbonyl (C=O) groups excluding carboxylic acids is 1. The Hall–Kier alpha value is -2.37. The number of ether oxygens (including phenoxy) is 1. The zero-order chi connectivity index (χ0) is 31.1. The molecule has 3 aliphatic rings. The van der Waals surface area contributed by atoms with Gasteiger partial charge in [-0.2, -0.15) is 0 Å². The average Bonchev–Trinajstić information content (AvgIpc) is 3.56. The Morgan fingerprint density at radius 1 is 1.07 bits per heavy atom. The number of carboxylic acids is 1. The Kier molecular flexibility index (Phi) is 12.1. The number of carboxylic acid groups (broad SMARTS) is 1. The summed E-state index contributed by atoms with van der Waals surface area (Å²) in [5, 5.41) is 8.90. The van der Waals surface area contributed by atoms with Crippen molar-refractivity contribution in [1.82, 2.24) is 14.5 Å². The highest BCUT2D eigenvalue weighted by molar-refractivity contribution is 7.99. The smallest absolute Gasteiger partial charge is 0.306 e. The van der Waals surface area contributed by atoms with Gasteiger partial charge in [0.25, 0.3) is 0 Å². The normalized spacial score (nSPS) is 25.1. The maximum absolute atomic E-state index is 13.9. The van der Waals surface area contributed by atoms with Crippen LogP contribution in [0.1, 0.15) is 102 Å². The van der Waals surface area contributed by atoms with Crippen molar-refractivity contribution in [3.05, 3.63) is 18.0 Å². The highest BCUT2D eigenvalue weighted by Crippen LogP contribution is 2.44. The second kappa shape index (κ2) is 15.6. The van der Waals surface area contributed by atoms with E-state index in [9.17, 15) is 27.2 Å². The molecular weight excluding hydrogens is 586 g/mol. The van der Waals surface area contributed by atoms with Gasteiger partial charge in [0.15, 0.2) is 5.16 Å². The van der Waals surface area contributed by atoms with Crippen molar-refractivity contribution >= 4 is 34.7 Å². The number of halogens is 4. The van der Waals surface area contributed by atoms with E-state index in [1.807, 2.05) is 12.4 Å². The first-order valence-corrected chi connectivity index (χ1v) is 16.5. The van der Waals surface area contributed by atoms with Crippen LogP contribution in [0.4, 0.5) is 17.6 Å². The molecule has 1 unspecified atom stereocenters. The van der Waals surface area contributed by atoms with Crippen molar-refractivity contribution in [3.63, 3.8) is 0 Å². The molecule has 2 aromatic rings. The summed E-state index contributed by atoms with van der Waals surface area (Å²) in [7, 11) is 0. The number of aliphatic carboxylic acids is 1. The minimum Gasteiger partial charge on any atom is -0.481 e. The Morgan fingerprint density at radius 2 is 1.72 bits per heavy atom. The average molecular weight is 630 g/mol.